The lowest BCUT2D eigenvalue weighted by Gasteiger charge is -2.24. The average molecular weight is 1270 g/mol. The van der Waals surface area contributed by atoms with Crippen molar-refractivity contribution in [1.29, 1.82) is 0 Å². The quantitative estimate of drug-likeness (QED) is 0.0364. The Hall–Kier alpha value is -5.28. The van der Waals surface area contributed by atoms with Crippen LogP contribution in [0.25, 0.3) is 0 Å². The third-order valence-electron chi connectivity index (χ3n) is 10.5. The number of rotatable bonds is 27. The maximum absolute atomic E-state index is 11.0. The number of aliphatic hydroxyl groups is 6. The summed E-state index contributed by atoms with van der Waals surface area (Å²) in [6, 6.07) is -0.832. The summed E-state index contributed by atoms with van der Waals surface area (Å²) < 4.78 is 68.9. The highest BCUT2D eigenvalue weighted by Gasteiger charge is 2.22. The third kappa shape index (κ3) is 59.7. The smallest absolute Gasteiger partial charge is 0.219 e. The largest absolute Gasteiger partial charge is 0.390 e. The van der Waals surface area contributed by atoms with Crippen molar-refractivity contribution in [2.24, 2.45) is 0 Å². The summed E-state index contributed by atoms with van der Waals surface area (Å²) in [5.74, 6) is -1.68. The predicted molar refractivity (Wildman–Crippen MR) is 310 cm³/mol. The molecular weight excluding hydrogens is 1160 g/mol. The van der Waals surface area contributed by atoms with Gasteiger partial charge in [0.2, 0.25) is 83.2 Å². The highest BCUT2D eigenvalue weighted by molar-refractivity contribution is 7.88. The maximum Gasteiger partial charge on any atom is 0.219 e. The first kappa shape index (κ1) is 88.9. The molecule has 0 radical (unpaired) electrons. The van der Waals surface area contributed by atoms with E-state index < -0.39 is 72.7 Å². The molecule has 0 spiro atoms. The number of carbonyl (C=O) groups is 9. The van der Waals surface area contributed by atoms with Gasteiger partial charge in [-0.2, -0.15) is 0 Å². The Balaban J connectivity index is -0.000000214. The van der Waals surface area contributed by atoms with E-state index in [0.717, 1.165) is 31.7 Å². The average Bonchev–Trinajstić information content (AvgIpc) is 3.30. The van der Waals surface area contributed by atoms with Crippen LogP contribution in [0.1, 0.15) is 76.2 Å². The third-order valence-corrected chi connectivity index (χ3v) is 14.3. The number of nitrogens with one attached hydrogen (secondary N) is 6. The van der Waals surface area contributed by atoms with Crippen LogP contribution in [0.5, 0.6) is 0 Å². The molecule has 0 bridgehead atoms. The molecule has 0 saturated heterocycles. The van der Waals surface area contributed by atoms with Crippen molar-refractivity contribution in [3.05, 3.63) is 0 Å². The van der Waals surface area contributed by atoms with Gasteiger partial charge in [-0.05, 0) is 13.8 Å². The fraction of sp³-hybridized carbons (Fsp3) is 0.809. The number of carbonyl (C=O) groups excluding carboxylic acids is 9. The normalized spacial score (nSPS) is 13.8. The van der Waals surface area contributed by atoms with Crippen LogP contribution in [0.2, 0.25) is 0 Å². The highest BCUT2D eigenvalue weighted by atomic mass is 32.2. The van der Waals surface area contributed by atoms with Crippen molar-refractivity contribution < 1.29 is 99.0 Å². The monoisotopic (exact) mass is 1260 g/mol. The summed E-state index contributed by atoms with van der Waals surface area (Å²) in [5, 5.41) is 71.2. The zero-order chi connectivity index (χ0) is 67.1. The predicted octanol–water partition coefficient (Wildman–Crippen LogP) is -7.21. The number of likely N-dealkylation sites (N-methyl/N-ethyl adjacent to an activating group) is 6. The van der Waals surface area contributed by atoms with Crippen LogP contribution in [-0.2, 0) is 73.2 Å². The Morgan fingerprint density at radius 1 is 0.337 bits per heavy atom. The minimum absolute atomic E-state index is 0.0287. The van der Waals surface area contributed by atoms with Crippen LogP contribution in [0.4, 0.5) is 0 Å². The van der Waals surface area contributed by atoms with Crippen LogP contribution in [0.3, 0.4) is 0 Å². The zero-order valence-electron chi connectivity index (χ0n) is 51.9. The van der Waals surface area contributed by atoms with E-state index in [1.54, 1.807) is 35.0 Å². The lowest BCUT2D eigenvalue weighted by molar-refractivity contribution is -0.129. The summed E-state index contributed by atoms with van der Waals surface area (Å²) in [6.07, 6.45) is -1.70. The molecule has 0 aliphatic carbocycles. The topological polar surface area (TPSA) is 469 Å². The Bertz CT molecular complexity index is 2200. The van der Waals surface area contributed by atoms with Crippen molar-refractivity contribution in [2.75, 3.05) is 127 Å². The van der Waals surface area contributed by atoms with Gasteiger partial charge in [-0.15, -0.1) is 0 Å². The van der Waals surface area contributed by atoms with Crippen molar-refractivity contribution in [3.63, 3.8) is 0 Å². The molecule has 0 fully saturated rings. The van der Waals surface area contributed by atoms with Gasteiger partial charge >= 0.3 is 0 Å². The maximum atomic E-state index is 11.0. The fourth-order valence-corrected chi connectivity index (χ4v) is 6.33. The first-order valence-corrected chi connectivity index (χ1v) is 30.9. The SMILES string of the molecule is CC(=O)NC(C)C(O)CN(C)C(C)=O.CC(=O)NC(C)C(O)CN(C)S(C)(=O)=O.CC(=O)NCC(O)CN(C)C(C)=O.CC(=O)NCC(O)CN(C)C(C)=O.CC(=O)NCC(O)CN(C)S(C)(=O)=O.CC(=O)NCC(O)CN(C)S(C)(=O)=O. The Labute approximate surface area is 491 Å². The highest BCUT2D eigenvalue weighted by Crippen LogP contribution is 2.01. The molecule has 0 aromatic heterocycles. The van der Waals surface area contributed by atoms with Gasteiger partial charge in [0.15, 0.2) is 0 Å². The second-order valence-electron chi connectivity index (χ2n) is 19.3. The standard InChI is InChI=1S/C9H18N2O3.C8H18N2O4S.2C8H16N2O3.2C7H16N2O4S/c1-6(10-7(2)12)9(14)5-11(4)8(3)13;1-6(9-7(2)11)8(12)5-10(3)15(4,13)14;2*1-6(11)9-4-8(13)5-10(3)7(2)12;2*1-6(10)8-4-7(11)5-9(2)14(3,12)13/h6,9,14H,5H2,1-4H3,(H,10,12);6,8,12H,5H2,1-4H3,(H,9,11);2*8,13H,4-5H2,1-3H3,(H,9,11);2*7,11H,4-5H2,1-3H3,(H,8,10). The van der Waals surface area contributed by atoms with Crippen molar-refractivity contribution >= 4 is 83.2 Å². The second kappa shape index (κ2) is 46.1. The lowest BCUT2D eigenvalue weighted by atomic mass is 10.2. The van der Waals surface area contributed by atoms with Gasteiger partial charge in [0.05, 0.1) is 67.5 Å². The Morgan fingerprint density at radius 2 is 0.530 bits per heavy atom. The van der Waals surface area contributed by atoms with E-state index in [4.69, 9.17) is 0 Å². The minimum Gasteiger partial charge on any atom is -0.390 e. The van der Waals surface area contributed by atoms with Gasteiger partial charge in [-0.1, -0.05) is 0 Å². The molecule has 0 rings (SSSR count). The molecule has 83 heavy (non-hydrogen) atoms. The van der Waals surface area contributed by atoms with E-state index in [1.165, 1.54) is 98.2 Å². The molecular formula is C47H100N12O21S3. The molecule has 0 aromatic carbocycles. The second-order valence-corrected chi connectivity index (χ2v) is 25.6. The molecule has 8 atom stereocenters. The number of amides is 9. The molecule has 8 unspecified atom stereocenters. The van der Waals surface area contributed by atoms with Crippen LogP contribution in [0, 0.1) is 0 Å². The molecule has 0 heterocycles. The molecule has 33 nitrogen and oxygen atoms in total. The molecule has 0 aliphatic rings. The number of sulfonamides is 3. The summed E-state index contributed by atoms with van der Waals surface area (Å²) in [4.78, 5) is 99.8. The molecule has 0 aromatic rings. The van der Waals surface area contributed by atoms with E-state index in [2.05, 4.69) is 31.9 Å². The Morgan fingerprint density at radius 3 is 0.723 bits per heavy atom. The van der Waals surface area contributed by atoms with Crippen LogP contribution in [-0.4, -0.2) is 312 Å². The molecule has 12 N–H and O–H groups in total. The number of nitrogens with zero attached hydrogens (tertiary/aromatic N) is 6. The number of aliphatic hydroxyl groups excluding tert-OH is 6. The van der Waals surface area contributed by atoms with Crippen LogP contribution in [0.15, 0.2) is 0 Å². The fourth-order valence-electron chi connectivity index (χ4n) is 5.02. The molecule has 9 amide bonds. The molecule has 0 saturated carbocycles. The van der Waals surface area contributed by atoms with Gasteiger partial charge in [0.25, 0.3) is 0 Å². The minimum atomic E-state index is -3.30. The molecule has 36 heteroatoms. The van der Waals surface area contributed by atoms with Gasteiger partial charge < -0.3 is 77.2 Å². The Kier molecular flexibility index (Phi) is 49.4. The van der Waals surface area contributed by atoms with Gasteiger partial charge in [-0.25, -0.2) is 38.2 Å². The van der Waals surface area contributed by atoms with Crippen molar-refractivity contribution in [1.82, 2.24) is 59.5 Å². The lowest BCUT2D eigenvalue weighted by Crippen LogP contribution is -2.46. The van der Waals surface area contributed by atoms with Gasteiger partial charge in [-0.3, -0.25) is 43.2 Å². The molecule has 492 valence electrons. The summed E-state index contributed by atoms with van der Waals surface area (Å²) in [5.41, 5.74) is 0. The van der Waals surface area contributed by atoms with E-state index in [-0.39, 0.29) is 125 Å². The van der Waals surface area contributed by atoms with Gasteiger partial charge in [0, 0.05) is 170 Å². The van der Waals surface area contributed by atoms with E-state index in [0.29, 0.717) is 0 Å². The summed E-state index contributed by atoms with van der Waals surface area (Å²) in [6.45, 7) is 16.7. The summed E-state index contributed by atoms with van der Waals surface area (Å²) >= 11 is 0. The number of hydrogen-bond acceptors (Lipinski definition) is 21. The zero-order valence-corrected chi connectivity index (χ0v) is 54.4. The molecule has 0 aliphatic heterocycles. The first-order chi connectivity index (χ1) is 37.3. The van der Waals surface area contributed by atoms with Crippen LogP contribution >= 0.6 is 0 Å². The first-order valence-electron chi connectivity index (χ1n) is 25.3. The van der Waals surface area contributed by atoms with E-state index in [1.807, 2.05) is 0 Å². The van der Waals surface area contributed by atoms with E-state index in [9.17, 15) is 99.0 Å². The van der Waals surface area contributed by atoms with Crippen molar-refractivity contribution in [2.45, 2.75) is 125 Å². The van der Waals surface area contributed by atoms with E-state index >= 15 is 0 Å². The van der Waals surface area contributed by atoms with Gasteiger partial charge in [0.1, 0.15) is 0 Å². The summed E-state index contributed by atoms with van der Waals surface area (Å²) in [7, 11) is -0.946. The number of hydrogen-bond donors (Lipinski definition) is 12. The van der Waals surface area contributed by atoms with Crippen LogP contribution < -0.4 is 31.9 Å². The van der Waals surface area contributed by atoms with Crippen molar-refractivity contribution in [3.8, 4) is 0 Å².